The van der Waals surface area contributed by atoms with Gasteiger partial charge in [-0.05, 0) is 58.2 Å². The smallest absolute Gasteiger partial charge is 0.0613 e. The average molecular weight is 256 g/mol. The van der Waals surface area contributed by atoms with Crippen LogP contribution in [0.1, 0.15) is 59.3 Å². The Morgan fingerprint density at radius 3 is 2.33 bits per heavy atom. The van der Waals surface area contributed by atoms with Gasteiger partial charge in [0.2, 0.25) is 0 Å². The number of nitrogens with zero attached hydrogens (tertiary/aromatic N) is 1. The Morgan fingerprint density at radius 2 is 1.83 bits per heavy atom. The zero-order valence-electron chi connectivity index (χ0n) is 12.5. The van der Waals surface area contributed by atoms with Gasteiger partial charge < -0.3 is 15.3 Å². The standard InChI is InChI=1S/C15H32N2O/c1-4-9-16-15(13-18)8-7-14(12-15)17(10-5-2)11-6-3/h14,16,18H,4-13H2,1-3H3. The van der Waals surface area contributed by atoms with Crippen LogP contribution in [0.15, 0.2) is 0 Å². The van der Waals surface area contributed by atoms with Crippen molar-refractivity contribution in [2.45, 2.75) is 70.9 Å². The maximum Gasteiger partial charge on any atom is 0.0613 e. The Hall–Kier alpha value is -0.120. The van der Waals surface area contributed by atoms with E-state index in [1.165, 1.54) is 32.4 Å². The van der Waals surface area contributed by atoms with Crippen molar-refractivity contribution >= 4 is 0 Å². The van der Waals surface area contributed by atoms with Gasteiger partial charge in [-0.3, -0.25) is 0 Å². The van der Waals surface area contributed by atoms with Crippen molar-refractivity contribution in [2.75, 3.05) is 26.2 Å². The van der Waals surface area contributed by atoms with Gasteiger partial charge in [-0.25, -0.2) is 0 Å². The monoisotopic (exact) mass is 256 g/mol. The summed E-state index contributed by atoms with van der Waals surface area (Å²) >= 11 is 0. The Morgan fingerprint density at radius 1 is 1.17 bits per heavy atom. The van der Waals surface area contributed by atoms with Crippen LogP contribution in [0.25, 0.3) is 0 Å². The minimum atomic E-state index is 0.000406. The van der Waals surface area contributed by atoms with E-state index in [0.717, 1.165) is 25.8 Å². The van der Waals surface area contributed by atoms with Crippen molar-refractivity contribution in [3.8, 4) is 0 Å². The summed E-state index contributed by atoms with van der Waals surface area (Å²) in [6.45, 7) is 10.4. The van der Waals surface area contributed by atoms with Gasteiger partial charge in [0, 0.05) is 11.6 Å². The summed E-state index contributed by atoms with van der Waals surface area (Å²) in [5.41, 5.74) is 0.000406. The normalized spacial score (nSPS) is 28.2. The third-order valence-electron chi connectivity index (χ3n) is 4.17. The van der Waals surface area contributed by atoms with Crippen molar-refractivity contribution in [3.05, 3.63) is 0 Å². The highest BCUT2D eigenvalue weighted by atomic mass is 16.3. The molecule has 3 heteroatoms. The highest BCUT2D eigenvalue weighted by Crippen LogP contribution is 2.33. The summed E-state index contributed by atoms with van der Waals surface area (Å²) in [7, 11) is 0. The van der Waals surface area contributed by atoms with E-state index in [1.54, 1.807) is 0 Å². The molecule has 0 aliphatic heterocycles. The fourth-order valence-corrected chi connectivity index (χ4v) is 3.21. The Kier molecular flexibility index (Phi) is 7.20. The second-order valence-corrected chi connectivity index (χ2v) is 5.80. The molecule has 2 atom stereocenters. The molecule has 0 amide bonds. The lowest BCUT2D eigenvalue weighted by atomic mass is 9.98. The van der Waals surface area contributed by atoms with Crippen LogP contribution >= 0.6 is 0 Å². The zero-order valence-corrected chi connectivity index (χ0v) is 12.5. The van der Waals surface area contributed by atoms with Gasteiger partial charge in [0.05, 0.1) is 6.61 Å². The van der Waals surface area contributed by atoms with Gasteiger partial charge in [-0.1, -0.05) is 20.8 Å². The minimum Gasteiger partial charge on any atom is -0.394 e. The topological polar surface area (TPSA) is 35.5 Å². The van der Waals surface area contributed by atoms with E-state index in [-0.39, 0.29) is 12.1 Å². The van der Waals surface area contributed by atoms with E-state index in [0.29, 0.717) is 6.04 Å². The van der Waals surface area contributed by atoms with E-state index in [9.17, 15) is 5.11 Å². The molecule has 0 saturated heterocycles. The maximum atomic E-state index is 9.72. The van der Waals surface area contributed by atoms with Gasteiger partial charge in [0.1, 0.15) is 0 Å². The Balaban J connectivity index is 2.54. The molecular formula is C15H32N2O. The first-order valence-electron chi connectivity index (χ1n) is 7.81. The van der Waals surface area contributed by atoms with Crippen LogP contribution in [-0.2, 0) is 0 Å². The summed E-state index contributed by atoms with van der Waals surface area (Å²) in [4.78, 5) is 2.63. The largest absolute Gasteiger partial charge is 0.394 e. The van der Waals surface area contributed by atoms with Gasteiger partial charge in [-0.2, -0.15) is 0 Å². The molecule has 0 bridgehead atoms. The highest BCUT2D eigenvalue weighted by Gasteiger charge is 2.39. The fourth-order valence-electron chi connectivity index (χ4n) is 3.21. The number of aliphatic hydroxyl groups excluding tert-OH is 1. The number of hydrogen-bond donors (Lipinski definition) is 2. The number of rotatable bonds is 9. The predicted octanol–water partition coefficient (Wildman–Crippen LogP) is 2.39. The van der Waals surface area contributed by atoms with E-state index >= 15 is 0 Å². The first-order valence-corrected chi connectivity index (χ1v) is 7.81. The maximum absolute atomic E-state index is 9.72. The van der Waals surface area contributed by atoms with E-state index in [2.05, 4.69) is 31.0 Å². The molecule has 0 spiro atoms. The van der Waals surface area contributed by atoms with Gasteiger partial charge in [-0.15, -0.1) is 0 Å². The summed E-state index contributed by atoms with van der Waals surface area (Å²) < 4.78 is 0. The lowest BCUT2D eigenvalue weighted by Crippen LogP contribution is -2.48. The van der Waals surface area contributed by atoms with Crippen molar-refractivity contribution in [3.63, 3.8) is 0 Å². The fraction of sp³-hybridized carbons (Fsp3) is 1.00. The van der Waals surface area contributed by atoms with E-state index in [4.69, 9.17) is 0 Å². The van der Waals surface area contributed by atoms with E-state index < -0.39 is 0 Å². The van der Waals surface area contributed by atoms with Crippen LogP contribution in [0.3, 0.4) is 0 Å². The molecule has 0 aromatic heterocycles. The first-order chi connectivity index (χ1) is 8.71. The van der Waals surface area contributed by atoms with Gasteiger partial charge in [0.15, 0.2) is 0 Å². The molecule has 0 aromatic rings. The van der Waals surface area contributed by atoms with Gasteiger partial charge in [0.25, 0.3) is 0 Å². The summed E-state index contributed by atoms with van der Waals surface area (Å²) in [6, 6.07) is 0.668. The van der Waals surface area contributed by atoms with E-state index in [1.807, 2.05) is 0 Å². The molecule has 2 unspecified atom stereocenters. The number of hydrogen-bond acceptors (Lipinski definition) is 3. The van der Waals surface area contributed by atoms with Crippen LogP contribution in [0.2, 0.25) is 0 Å². The predicted molar refractivity (Wildman–Crippen MR) is 77.9 cm³/mol. The Labute approximate surface area is 113 Å². The molecular weight excluding hydrogens is 224 g/mol. The summed E-state index contributed by atoms with van der Waals surface area (Å²) in [6.07, 6.45) is 7.06. The summed E-state index contributed by atoms with van der Waals surface area (Å²) in [5, 5.41) is 13.3. The molecule has 1 aliphatic carbocycles. The van der Waals surface area contributed by atoms with Crippen molar-refractivity contribution in [2.24, 2.45) is 0 Å². The molecule has 18 heavy (non-hydrogen) atoms. The van der Waals surface area contributed by atoms with Crippen LogP contribution in [-0.4, -0.2) is 47.8 Å². The quantitative estimate of drug-likeness (QED) is 0.665. The highest BCUT2D eigenvalue weighted by molar-refractivity contribution is 4.99. The first kappa shape index (κ1) is 15.9. The third kappa shape index (κ3) is 4.22. The second kappa shape index (κ2) is 8.13. The molecule has 2 N–H and O–H groups in total. The molecule has 1 aliphatic rings. The molecule has 1 rings (SSSR count). The number of aliphatic hydroxyl groups is 1. The molecule has 0 heterocycles. The Bertz CT molecular complexity index is 217. The second-order valence-electron chi connectivity index (χ2n) is 5.80. The van der Waals surface area contributed by atoms with Crippen molar-refractivity contribution < 1.29 is 5.11 Å². The van der Waals surface area contributed by atoms with Crippen LogP contribution in [0.4, 0.5) is 0 Å². The lowest BCUT2D eigenvalue weighted by Gasteiger charge is -2.32. The molecule has 108 valence electrons. The van der Waals surface area contributed by atoms with Crippen LogP contribution in [0, 0.1) is 0 Å². The van der Waals surface area contributed by atoms with Gasteiger partial charge >= 0.3 is 0 Å². The molecule has 3 nitrogen and oxygen atoms in total. The lowest BCUT2D eigenvalue weighted by molar-refractivity contribution is 0.142. The van der Waals surface area contributed by atoms with Crippen LogP contribution < -0.4 is 5.32 Å². The van der Waals surface area contributed by atoms with Crippen molar-refractivity contribution in [1.82, 2.24) is 10.2 Å². The third-order valence-corrected chi connectivity index (χ3v) is 4.17. The van der Waals surface area contributed by atoms with Crippen LogP contribution in [0.5, 0.6) is 0 Å². The number of nitrogens with one attached hydrogen (secondary N) is 1. The molecule has 1 saturated carbocycles. The summed E-state index contributed by atoms with van der Waals surface area (Å²) in [5.74, 6) is 0. The molecule has 0 radical (unpaired) electrons. The molecule has 0 aromatic carbocycles. The average Bonchev–Trinajstić information content (AvgIpc) is 2.81. The van der Waals surface area contributed by atoms with Crippen molar-refractivity contribution in [1.29, 1.82) is 0 Å². The molecule has 1 fully saturated rings. The SMILES string of the molecule is CCCNC1(CO)CCC(N(CCC)CCC)C1. The minimum absolute atomic E-state index is 0.000406. The zero-order chi connectivity index (χ0) is 13.4.